The van der Waals surface area contributed by atoms with Crippen molar-refractivity contribution in [2.75, 3.05) is 13.7 Å². The van der Waals surface area contributed by atoms with Crippen molar-refractivity contribution in [3.8, 4) is 11.5 Å². The van der Waals surface area contributed by atoms with E-state index < -0.39 is 6.04 Å². The molecular formula is C34H41BrN2O4. The van der Waals surface area contributed by atoms with E-state index in [2.05, 4.69) is 35.1 Å². The fraction of sp³-hybridized carbons (Fsp3) is 0.412. The first kappa shape index (κ1) is 30.6. The second kappa shape index (κ2) is 15.1. The van der Waals surface area contributed by atoms with Crippen LogP contribution in [-0.2, 0) is 22.6 Å². The van der Waals surface area contributed by atoms with Crippen molar-refractivity contribution in [2.45, 2.75) is 76.9 Å². The Hall–Kier alpha value is -3.32. The lowest BCUT2D eigenvalue weighted by Gasteiger charge is -2.33. The van der Waals surface area contributed by atoms with E-state index >= 15 is 0 Å². The summed E-state index contributed by atoms with van der Waals surface area (Å²) >= 11 is 3.60. The summed E-state index contributed by atoms with van der Waals surface area (Å²) < 4.78 is 12.3. The molecule has 3 aromatic carbocycles. The van der Waals surface area contributed by atoms with Crippen LogP contribution < -0.4 is 14.8 Å². The second-order valence-corrected chi connectivity index (χ2v) is 11.9. The molecule has 2 amide bonds. The van der Waals surface area contributed by atoms with Crippen LogP contribution >= 0.6 is 15.9 Å². The summed E-state index contributed by atoms with van der Waals surface area (Å²) in [5, 5.41) is 3.28. The summed E-state index contributed by atoms with van der Waals surface area (Å²) in [5.74, 6) is 1.29. The summed E-state index contributed by atoms with van der Waals surface area (Å²) in [6.07, 6.45) is 5.76. The number of amides is 2. The first-order valence-corrected chi connectivity index (χ1v) is 15.3. The van der Waals surface area contributed by atoms with Crippen molar-refractivity contribution in [3.05, 3.63) is 94.0 Å². The SMILES string of the molecule is COc1cccc(CN(C(=O)COc2ccc(C(C)C)cc2Br)[C@@H](Cc2ccccc2)C(=O)NC2CCCCC2)c1. The van der Waals surface area contributed by atoms with Crippen LogP contribution in [0.25, 0.3) is 0 Å². The molecule has 0 saturated heterocycles. The van der Waals surface area contributed by atoms with E-state index in [4.69, 9.17) is 9.47 Å². The molecule has 1 saturated carbocycles. The van der Waals surface area contributed by atoms with Crippen molar-refractivity contribution in [1.29, 1.82) is 0 Å². The first-order valence-electron chi connectivity index (χ1n) is 14.5. The fourth-order valence-corrected chi connectivity index (χ4v) is 5.79. The Bertz CT molecular complexity index is 1290. The molecule has 3 aromatic rings. The number of rotatable bonds is 12. The van der Waals surface area contributed by atoms with E-state index in [0.29, 0.717) is 23.8 Å². The molecule has 0 unspecified atom stereocenters. The molecule has 1 N–H and O–H groups in total. The summed E-state index contributed by atoms with van der Waals surface area (Å²) in [5.41, 5.74) is 3.05. The average molecular weight is 622 g/mol. The van der Waals surface area contributed by atoms with Crippen LogP contribution in [0.3, 0.4) is 0 Å². The highest BCUT2D eigenvalue weighted by atomic mass is 79.9. The van der Waals surface area contributed by atoms with Crippen LogP contribution in [0.1, 0.15) is 68.6 Å². The first-order chi connectivity index (χ1) is 19.8. The minimum absolute atomic E-state index is 0.125. The number of methoxy groups -OCH3 is 1. The van der Waals surface area contributed by atoms with Gasteiger partial charge in [0.2, 0.25) is 5.91 Å². The summed E-state index contributed by atoms with van der Waals surface area (Å²) in [7, 11) is 1.62. The molecule has 4 rings (SSSR count). The normalized spacial score (nSPS) is 14.4. The van der Waals surface area contributed by atoms with Crippen LogP contribution in [-0.4, -0.2) is 42.5 Å². The highest BCUT2D eigenvalue weighted by Crippen LogP contribution is 2.29. The summed E-state index contributed by atoms with van der Waals surface area (Å²) in [6, 6.07) is 22.8. The minimum atomic E-state index is -0.701. The molecule has 1 aliphatic carbocycles. The lowest BCUT2D eigenvalue weighted by atomic mass is 9.94. The third kappa shape index (κ3) is 8.83. The molecule has 0 heterocycles. The van der Waals surface area contributed by atoms with Gasteiger partial charge < -0.3 is 19.7 Å². The van der Waals surface area contributed by atoms with E-state index in [0.717, 1.165) is 41.3 Å². The molecule has 7 heteroatoms. The predicted octanol–water partition coefficient (Wildman–Crippen LogP) is 7.05. The van der Waals surface area contributed by atoms with Crippen LogP contribution in [0.2, 0.25) is 0 Å². The van der Waals surface area contributed by atoms with Gasteiger partial charge in [0, 0.05) is 19.0 Å². The number of benzene rings is 3. The number of carbonyl (C=O) groups is 2. The molecule has 6 nitrogen and oxygen atoms in total. The molecule has 0 bridgehead atoms. The van der Waals surface area contributed by atoms with E-state index in [-0.39, 0.29) is 31.0 Å². The maximum absolute atomic E-state index is 14.0. The number of nitrogens with zero attached hydrogens (tertiary/aromatic N) is 1. The molecule has 1 fully saturated rings. The number of ether oxygens (including phenoxy) is 2. The zero-order valence-corrected chi connectivity index (χ0v) is 25.9. The van der Waals surface area contributed by atoms with Crippen LogP contribution in [0, 0.1) is 0 Å². The topological polar surface area (TPSA) is 67.9 Å². The van der Waals surface area contributed by atoms with Gasteiger partial charge in [-0.3, -0.25) is 9.59 Å². The van der Waals surface area contributed by atoms with E-state index in [1.165, 1.54) is 12.0 Å². The third-order valence-electron chi connectivity index (χ3n) is 7.68. The molecule has 1 atom stereocenters. The maximum atomic E-state index is 14.0. The highest BCUT2D eigenvalue weighted by Gasteiger charge is 2.32. The van der Waals surface area contributed by atoms with Gasteiger partial charge >= 0.3 is 0 Å². The van der Waals surface area contributed by atoms with E-state index in [1.54, 1.807) is 12.0 Å². The lowest BCUT2D eigenvalue weighted by molar-refractivity contribution is -0.143. The Morgan fingerprint density at radius 2 is 1.68 bits per heavy atom. The molecule has 0 aromatic heterocycles. The standard InChI is InChI=1S/C34H41BrN2O4/c1-24(2)27-17-18-32(30(35)21-27)41-23-33(38)37(22-26-13-10-16-29(19-26)40-3)31(20-25-11-6-4-7-12-25)34(39)36-28-14-8-5-9-15-28/h4,6-7,10-13,16-19,21,24,28,31H,5,8-9,14-15,20,22-23H2,1-3H3,(H,36,39)/t31-/m0/s1. The van der Waals surface area contributed by atoms with E-state index in [1.807, 2.05) is 72.8 Å². The number of carbonyl (C=O) groups excluding carboxylic acids is 2. The zero-order chi connectivity index (χ0) is 29.2. The number of halogens is 1. The predicted molar refractivity (Wildman–Crippen MR) is 166 cm³/mol. The lowest BCUT2D eigenvalue weighted by Crippen LogP contribution is -2.53. The number of nitrogens with one attached hydrogen (secondary N) is 1. The van der Waals surface area contributed by atoms with Gasteiger partial charge in [0.05, 0.1) is 11.6 Å². The van der Waals surface area contributed by atoms with Gasteiger partial charge in [-0.05, 0) is 75.6 Å². The van der Waals surface area contributed by atoms with Crippen LogP contribution in [0.4, 0.5) is 0 Å². The van der Waals surface area contributed by atoms with Crippen molar-refractivity contribution in [3.63, 3.8) is 0 Å². The smallest absolute Gasteiger partial charge is 0.261 e. The zero-order valence-electron chi connectivity index (χ0n) is 24.3. The summed E-state index contributed by atoms with van der Waals surface area (Å²) in [6.45, 7) is 4.33. The Balaban J connectivity index is 1.62. The Morgan fingerprint density at radius 1 is 0.951 bits per heavy atom. The van der Waals surface area contributed by atoms with Crippen LogP contribution in [0.5, 0.6) is 11.5 Å². The quantitative estimate of drug-likeness (QED) is 0.236. The third-order valence-corrected chi connectivity index (χ3v) is 8.30. The van der Waals surface area contributed by atoms with E-state index in [9.17, 15) is 9.59 Å². The Kier molecular flexibility index (Phi) is 11.3. The van der Waals surface area contributed by atoms with Gasteiger partial charge in [-0.25, -0.2) is 0 Å². The van der Waals surface area contributed by atoms with Gasteiger partial charge in [0.25, 0.3) is 5.91 Å². The molecule has 0 aliphatic heterocycles. The average Bonchev–Trinajstić information content (AvgIpc) is 2.99. The molecule has 1 aliphatic rings. The minimum Gasteiger partial charge on any atom is -0.497 e. The molecule has 0 spiro atoms. The van der Waals surface area contributed by atoms with Crippen molar-refractivity contribution in [2.24, 2.45) is 0 Å². The maximum Gasteiger partial charge on any atom is 0.261 e. The number of hydrogen-bond donors (Lipinski definition) is 1. The van der Waals surface area contributed by atoms with Gasteiger partial charge in [0.1, 0.15) is 17.5 Å². The highest BCUT2D eigenvalue weighted by molar-refractivity contribution is 9.10. The molecular weight excluding hydrogens is 580 g/mol. The largest absolute Gasteiger partial charge is 0.497 e. The van der Waals surface area contributed by atoms with Crippen molar-refractivity contribution >= 4 is 27.7 Å². The Labute approximate surface area is 252 Å². The monoisotopic (exact) mass is 620 g/mol. The van der Waals surface area contributed by atoms with Gasteiger partial charge in [0.15, 0.2) is 6.61 Å². The van der Waals surface area contributed by atoms with Crippen molar-refractivity contribution in [1.82, 2.24) is 10.2 Å². The molecule has 41 heavy (non-hydrogen) atoms. The summed E-state index contributed by atoms with van der Waals surface area (Å²) in [4.78, 5) is 29.6. The second-order valence-electron chi connectivity index (χ2n) is 11.1. The van der Waals surface area contributed by atoms with Gasteiger partial charge in [-0.15, -0.1) is 0 Å². The van der Waals surface area contributed by atoms with Crippen molar-refractivity contribution < 1.29 is 19.1 Å². The van der Waals surface area contributed by atoms with Gasteiger partial charge in [-0.1, -0.05) is 81.6 Å². The Morgan fingerprint density at radius 3 is 2.37 bits per heavy atom. The molecule has 0 radical (unpaired) electrons. The number of hydrogen-bond acceptors (Lipinski definition) is 4. The fourth-order valence-electron chi connectivity index (χ4n) is 5.28. The van der Waals surface area contributed by atoms with Crippen LogP contribution in [0.15, 0.2) is 77.3 Å². The molecule has 218 valence electrons. The van der Waals surface area contributed by atoms with Gasteiger partial charge in [-0.2, -0.15) is 0 Å².